The minimum atomic E-state index is -0.381. The SMILES string of the molecule is O=C(NCC1CCCO1)c1cnc2c(F)cccc2c1. The lowest BCUT2D eigenvalue weighted by atomic mass is 10.1. The van der Waals surface area contributed by atoms with Crippen LogP contribution in [0.3, 0.4) is 0 Å². The van der Waals surface area contributed by atoms with Crippen molar-refractivity contribution in [2.45, 2.75) is 18.9 Å². The molecule has 1 aromatic heterocycles. The molecule has 1 aliphatic heterocycles. The van der Waals surface area contributed by atoms with Gasteiger partial charge in [0.2, 0.25) is 0 Å². The molecule has 0 spiro atoms. The van der Waals surface area contributed by atoms with Gasteiger partial charge >= 0.3 is 0 Å². The summed E-state index contributed by atoms with van der Waals surface area (Å²) < 4.78 is 18.9. The van der Waals surface area contributed by atoms with Gasteiger partial charge in [0.1, 0.15) is 11.3 Å². The maximum Gasteiger partial charge on any atom is 0.252 e. The quantitative estimate of drug-likeness (QED) is 0.934. The number of pyridine rings is 1. The van der Waals surface area contributed by atoms with E-state index in [-0.39, 0.29) is 23.3 Å². The minimum Gasteiger partial charge on any atom is -0.376 e. The average molecular weight is 274 g/mol. The van der Waals surface area contributed by atoms with E-state index in [1.807, 2.05) is 0 Å². The Hall–Kier alpha value is -2.01. The van der Waals surface area contributed by atoms with E-state index in [9.17, 15) is 9.18 Å². The molecule has 1 unspecified atom stereocenters. The van der Waals surface area contributed by atoms with Crippen molar-refractivity contribution in [2.75, 3.05) is 13.2 Å². The molecule has 3 rings (SSSR count). The third-order valence-corrected chi connectivity index (χ3v) is 3.44. The zero-order valence-electron chi connectivity index (χ0n) is 10.9. The number of ether oxygens (including phenoxy) is 1. The standard InChI is InChI=1S/C15H15FN2O2/c16-13-5-1-3-10-7-11(8-17-14(10)13)15(19)18-9-12-4-2-6-20-12/h1,3,5,7-8,12H,2,4,6,9H2,(H,18,19). The molecule has 1 atom stereocenters. The van der Waals surface area contributed by atoms with Crippen molar-refractivity contribution in [1.82, 2.24) is 10.3 Å². The zero-order valence-corrected chi connectivity index (χ0v) is 10.9. The fourth-order valence-electron chi connectivity index (χ4n) is 2.36. The maximum atomic E-state index is 13.5. The van der Waals surface area contributed by atoms with Crippen LogP contribution in [0.2, 0.25) is 0 Å². The highest BCUT2D eigenvalue weighted by atomic mass is 19.1. The lowest BCUT2D eigenvalue weighted by Gasteiger charge is -2.11. The number of carbonyl (C=O) groups is 1. The summed E-state index contributed by atoms with van der Waals surface area (Å²) >= 11 is 0. The highest BCUT2D eigenvalue weighted by Gasteiger charge is 2.17. The van der Waals surface area contributed by atoms with E-state index in [4.69, 9.17) is 4.74 Å². The lowest BCUT2D eigenvalue weighted by Crippen LogP contribution is -2.31. The van der Waals surface area contributed by atoms with Crippen molar-refractivity contribution < 1.29 is 13.9 Å². The van der Waals surface area contributed by atoms with E-state index in [0.717, 1.165) is 19.4 Å². The molecule has 104 valence electrons. The van der Waals surface area contributed by atoms with E-state index in [1.54, 1.807) is 18.2 Å². The summed E-state index contributed by atoms with van der Waals surface area (Å²) in [5.41, 5.74) is 0.712. The first kappa shape index (κ1) is 13.0. The van der Waals surface area contributed by atoms with Gasteiger partial charge in [0.05, 0.1) is 11.7 Å². The molecule has 0 radical (unpaired) electrons. The molecular formula is C15H15FN2O2. The van der Waals surface area contributed by atoms with Crippen LogP contribution in [-0.4, -0.2) is 30.1 Å². The van der Waals surface area contributed by atoms with Gasteiger partial charge in [-0.3, -0.25) is 9.78 Å². The molecule has 0 aliphatic carbocycles. The molecule has 1 fully saturated rings. The highest BCUT2D eigenvalue weighted by Crippen LogP contribution is 2.16. The summed E-state index contributed by atoms with van der Waals surface area (Å²) in [7, 11) is 0. The fraction of sp³-hybridized carbons (Fsp3) is 0.333. The van der Waals surface area contributed by atoms with Crippen LogP contribution in [0, 0.1) is 5.82 Å². The van der Waals surface area contributed by atoms with Gasteiger partial charge in [0, 0.05) is 24.7 Å². The normalized spacial score (nSPS) is 18.4. The first-order valence-electron chi connectivity index (χ1n) is 6.68. The maximum absolute atomic E-state index is 13.5. The number of carbonyl (C=O) groups excluding carboxylic acids is 1. The zero-order chi connectivity index (χ0) is 13.9. The second kappa shape index (κ2) is 5.54. The smallest absolute Gasteiger partial charge is 0.252 e. The first-order valence-corrected chi connectivity index (χ1v) is 6.68. The van der Waals surface area contributed by atoms with Crippen LogP contribution in [0.1, 0.15) is 23.2 Å². The molecule has 0 bridgehead atoms. The molecule has 1 aliphatic rings. The first-order chi connectivity index (χ1) is 9.74. The third-order valence-electron chi connectivity index (χ3n) is 3.44. The summed E-state index contributed by atoms with van der Waals surface area (Å²) in [5, 5.41) is 3.44. The molecule has 1 saturated heterocycles. The molecule has 2 heterocycles. The van der Waals surface area contributed by atoms with Crippen LogP contribution in [0.25, 0.3) is 10.9 Å². The predicted molar refractivity (Wildman–Crippen MR) is 73.0 cm³/mol. The van der Waals surface area contributed by atoms with Gasteiger partial charge in [-0.05, 0) is 25.0 Å². The minimum absolute atomic E-state index is 0.102. The predicted octanol–water partition coefficient (Wildman–Crippen LogP) is 2.28. The molecule has 4 nitrogen and oxygen atoms in total. The number of amides is 1. The summed E-state index contributed by atoms with van der Waals surface area (Å²) in [6, 6.07) is 6.35. The molecule has 5 heteroatoms. The topological polar surface area (TPSA) is 51.2 Å². The number of nitrogens with zero attached hydrogens (tertiary/aromatic N) is 1. The van der Waals surface area contributed by atoms with E-state index < -0.39 is 0 Å². The Morgan fingerprint density at radius 3 is 3.20 bits per heavy atom. The van der Waals surface area contributed by atoms with Crippen LogP contribution in [0.5, 0.6) is 0 Å². The van der Waals surface area contributed by atoms with Crippen LogP contribution in [-0.2, 0) is 4.74 Å². The van der Waals surface area contributed by atoms with Gasteiger partial charge in [-0.2, -0.15) is 0 Å². The second-order valence-electron chi connectivity index (χ2n) is 4.88. The second-order valence-corrected chi connectivity index (χ2v) is 4.88. The summed E-state index contributed by atoms with van der Waals surface area (Å²) in [6.07, 6.45) is 3.51. The summed E-state index contributed by atoms with van der Waals surface area (Å²) in [6.45, 7) is 1.26. The number of nitrogens with one attached hydrogen (secondary N) is 1. The molecule has 2 aromatic rings. The fourth-order valence-corrected chi connectivity index (χ4v) is 2.36. The number of para-hydroxylation sites is 1. The number of rotatable bonds is 3. The van der Waals surface area contributed by atoms with Gasteiger partial charge < -0.3 is 10.1 Å². The van der Waals surface area contributed by atoms with Gasteiger partial charge in [-0.1, -0.05) is 12.1 Å². The van der Waals surface area contributed by atoms with Crippen LogP contribution in [0.4, 0.5) is 4.39 Å². The number of hydrogen-bond donors (Lipinski definition) is 1. The Morgan fingerprint density at radius 2 is 2.40 bits per heavy atom. The van der Waals surface area contributed by atoms with Crippen LogP contribution >= 0.6 is 0 Å². The molecular weight excluding hydrogens is 259 g/mol. The highest BCUT2D eigenvalue weighted by molar-refractivity contribution is 5.97. The van der Waals surface area contributed by atoms with Gasteiger partial charge in [0.25, 0.3) is 5.91 Å². The lowest BCUT2D eigenvalue weighted by molar-refractivity contribution is 0.0857. The summed E-state index contributed by atoms with van der Waals surface area (Å²) in [5.74, 6) is -0.590. The number of halogens is 1. The van der Waals surface area contributed by atoms with Crippen molar-refractivity contribution >= 4 is 16.8 Å². The van der Waals surface area contributed by atoms with E-state index in [1.165, 1.54) is 12.3 Å². The molecule has 1 N–H and O–H groups in total. The third kappa shape index (κ3) is 2.63. The molecule has 20 heavy (non-hydrogen) atoms. The van der Waals surface area contributed by atoms with Gasteiger partial charge in [0.15, 0.2) is 0 Å². The Balaban J connectivity index is 1.74. The van der Waals surface area contributed by atoms with E-state index >= 15 is 0 Å². The Labute approximate surface area is 116 Å². The number of fused-ring (bicyclic) bond motifs is 1. The van der Waals surface area contributed by atoms with Crippen molar-refractivity contribution in [2.24, 2.45) is 0 Å². The Morgan fingerprint density at radius 1 is 1.50 bits per heavy atom. The van der Waals surface area contributed by atoms with Crippen LogP contribution in [0.15, 0.2) is 30.5 Å². The van der Waals surface area contributed by atoms with Crippen molar-refractivity contribution in [3.05, 3.63) is 41.8 Å². The Bertz CT molecular complexity index is 639. The van der Waals surface area contributed by atoms with Crippen molar-refractivity contribution in [1.29, 1.82) is 0 Å². The van der Waals surface area contributed by atoms with Crippen molar-refractivity contribution in [3.63, 3.8) is 0 Å². The van der Waals surface area contributed by atoms with Gasteiger partial charge in [-0.25, -0.2) is 4.39 Å². The molecule has 1 aromatic carbocycles. The largest absolute Gasteiger partial charge is 0.376 e. The Kier molecular flexibility index (Phi) is 3.60. The monoisotopic (exact) mass is 274 g/mol. The number of benzene rings is 1. The van der Waals surface area contributed by atoms with E-state index in [2.05, 4.69) is 10.3 Å². The number of hydrogen-bond acceptors (Lipinski definition) is 3. The molecule has 1 amide bonds. The number of aromatic nitrogens is 1. The van der Waals surface area contributed by atoms with Gasteiger partial charge in [-0.15, -0.1) is 0 Å². The summed E-state index contributed by atoms with van der Waals surface area (Å²) in [4.78, 5) is 16.0. The van der Waals surface area contributed by atoms with E-state index in [0.29, 0.717) is 17.5 Å². The van der Waals surface area contributed by atoms with Crippen molar-refractivity contribution in [3.8, 4) is 0 Å². The average Bonchev–Trinajstić information content (AvgIpc) is 2.98. The van der Waals surface area contributed by atoms with Crippen LogP contribution < -0.4 is 5.32 Å². The molecule has 0 saturated carbocycles.